The minimum atomic E-state index is -0.572. The lowest BCUT2D eigenvalue weighted by molar-refractivity contribution is 0.00695. The van der Waals surface area contributed by atoms with Crippen LogP contribution in [0.15, 0.2) is 49.1 Å². The number of aryl methyl sites for hydroxylation is 1. The largest absolute Gasteiger partial charge is 0.490 e. The van der Waals surface area contributed by atoms with Crippen LogP contribution in [0, 0.1) is 11.8 Å². The number of hydrogen-bond acceptors (Lipinski definition) is 5. The number of ether oxygens (including phenoxy) is 2. The van der Waals surface area contributed by atoms with Crippen LogP contribution in [0.2, 0.25) is 5.02 Å². The summed E-state index contributed by atoms with van der Waals surface area (Å²) in [5.41, 5.74) is 3.29. The monoisotopic (exact) mass is 523 g/mol. The van der Waals surface area contributed by atoms with Crippen molar-refractivity contribution in [1.29, 1.82) is 0 Å². The fourth-order valence-corrected chi connectivity index (χ4v) is 6.50. The zero-order valence-electron chi connectivity index (χ0n) is 22.1. The Hall–Kier alpha value is -2.50. The first-order valence-corrected chi connectivity index (χ1v) is 13.8. The van der Waals surface area contributed by atoms with Gasteiger partial charge in [0.15, 0.2) is 0 Å². The molecule has 2 aliphatic carbocycles. The van der Waals surface area contributed by atoms with E-state index in [4.69, 9.17) is 21.1 Å². The molecule has 2 aromatic carbocycles. The lowest BCUT2D eigenvalue weighted by Crippen LogP contribution is -2.49. The van der Waals surface area contributed by atoms with Gasteiger partial charge in [-0.15, -0.1) is 6.58 Å². The van der Waals surface area contributed by atoms with Crippen molar-refractivity contribution < 1.29 is 19.4 Å². The molecule has 4 atom stereocenters. The van der Waals surface area contributed by atoms with Gasteiger partial charge in [0.05, 0.1) is 24.0 Å². The minimum Gasteiger partial charge on any atom is -0.490 e. The van der Waals surface area contributed by atoms with Gasteiger partial charge in [0.25, 0.3) is 0 Å². The molecule has 0 saturated heterocycles. The van der Waals surface area contributed by atoms with Crippen LogP contribution < -0.4 is 9.64 Å². The second kappa shape index (κ2) is 9.99. The first kappa shape index (κ1) is 26.1. The molecule has 6 heteroatoms. The lowest BCUT2D eigenvalue weighted by Gasteiger charge is -2.45. The minimum absolute atomic E-state index is 0.181. The number of aliphatic hydroxyl groups is 1. The summed E-state index contributed by atoms with van der Waals surface area (Å²) in [6, 6.07) is 11.9. The number of hydrogen-bond donors (Lipinski definition) is 1. The third-order valence-corrected chi connectivity index (χ3v) is 8.52. The predicted octanol–water partition coefficient (Wildman–Crippen LogP) is 6.34. The van der Waals surface area contributed by atoms with Crippen LogP contribution >= 0.6 is 11.6 Å². The molecule has 0 bridgehead atoms. The van der Waals surface area contributed by atoms with Gasteiger partial charge in [0, 0.05) is 23.5 Å². The van der Waals surface area contributed by atoms with E-state index in [-0.39, 0.29) is 17.3 Å². The highest BCUT2D eigenvalue weighted by atomic mass is 35.5. The van der Waals surface area contributed by atoms with Gasteiger partial charge in [-0.1, -0.05) is 23.7 Å². The fraction of sp³-hybridized carbons (Fsp3) is 0.516. The van der Waals surface area contributed by atoms with Crippen LogP contribution in [0.5, 0.6) is 5.75 Å². The number of benzene rings is 2. The molecule has 1 N–H and O–H groups in total. The zero-order chi connectivity index (χ0) is 26.4. The van der Waals surface area contributed by atoms with E-state index in [1.807, 2.05) is 39.0 Å². The molecule has 1 aliphatic heterocycles. The van der Waals surface area contributed by atoms with Gasteiger partial charge < -0.3 is 19.5 Å². The molecular weight excluding hydrogens is 486 g/mol. The quantitative estimate of drug-likeness (QED) is 0.366. The first-order chi connectivity index (χ1) is 17.6. The topological polar surface area (TPSA) is 59.0 Å². The van der Waals surface area contributed by atoms with Crippen molar-refractivity contribution in [2.45, 2.75) is 70.0 Å². The number of rotatable bonds is 5. The van der Waals surface area contributed by atoms with E-state index < -0.39 is 11.7 Å². The first-order valence-electron chi connectivity index (χ1n) is 13.4. The van der Waals surface area contributed by atoms with E-state index in [0.29, 0.717) is 18.1 Å². The van der Waals surface area contributed by atoms with Gasteiger partial charge in [0.2, 0.25) is 0 Å². The number of esters is 1. The molecule has 0 unspecified atom stereocenters. The van der Waals surface area contributed by atoms with Crippen molar-refractivity contribution in [2.24, 2.45) is 11.8 Å². The lowest BCUT2D eigenvalue weighted by atomic mass is 9.68. The number of carbonyl (C=O) groups excluding carboxylic acids is 1. The molecule has 3 aliphatic rings. The van der Waals surface area contributed by atoms with Crippen molar-refractivity contribution in [3.63, 3.8) is 0 Å². The summed E-state index contributed by atoms with van der Waals surface area (Å²) in [5, 5.41) is 11.3. The molecule has 5 nitrogen and oxygen atoms in total. The Labute approximate surface area is 225 Å². The zero-order valence-corrected chi connectivity index (χ0v) is 22.9. The highest BCUT2D eigenvalue weighted by molar-refractivity contribution is 6.30. The SMILES string of the molecule is C=C[C@H](O)[C@@H]1CC[C@H]1CN1C[C@@]2(CCCc3cc(Cl)ccc32)COc2ccc(C(=O)OC(C)(C)C)cc21. The second-order valence-corrected chi connectivity index (χ2v) is 12.5. The third kappa shape index (κ3) is 5.26. The number of nitrogens with zero attached hydrogens (tertiary/aromatic N) is 1. The van der Waals surface area contributed by atoms with E-state index in [2.05, 4.69) is 23.6 Å². The number of anilines is 1. The molecule has 0 amide bonds. The number of halogens is 1. The standard InChI is InChI=1S/C31H38ClNO4/c1-5-27(34)24-11-8-22(24)17-33-18-31(14-6-7-20-15-23(32)10-12-25(20)31)19-36-28-13-9-21(16-26(28)33)29(35)37-30(2,3)4/h5,9-10,12-13,15-16,22,24,27,34H,1,6-8,11,14,17-19H2,2-4H3/t22-,24+,27-,31-/m0/s1. The number of carbonyl (C=O) groups is 1. The molecule has 1 spiro atoms. The molecule has 1 fully saturated rings. The van der Waals surface area contributed by atoms with E-state index in [1.54, 1.807) is 12.1 Å². The van der Waals surface area contributed by atoms with Crippen LogP contribution in [0.4, 0.5) is 5.69 Å². The molecule has 198 valence electrons. The average molecular weight is 524 g/mol. The van der Waals surface area contributed by atoms with Crippen LogP contribution in [-0.2, 0) is 16.6 Å². The van der Waals surface area contributed by atoms with Gasteiger partial charge in [-0.25, -0.2) is 4.79 Å². The van der Waals surface area contributed by atoms with Crippen LogP contribution in [0.1, 0.15) is 67.9 Å². The Bertz CT molecular complexity index is 1190. The van der Waals surface area contributed by atoms with Gasteiger partial charge in [0.1, 0.15) is 11.4 Å². The summed E-state index contributed by atoms with van der Waals surface area (Å²) >= 11 is 6.37. The van der Waals surface area contributed by atoms with E-state index in [1.165, 1.54) is 11.1 Å². The van der Waals surface area contributed by atoms with Crippen molar-refractivity contribution in [1.82, 2.24) is 0 Å². The fourth-order valence-electron chi connectivity index (χ4n) is 6.31. The second-order valence-electron chi connectivity index (χ2n) is 12.0. The Morgan fingerprint density at radius 2 is 2.11 bits per heavy atom. The van der Waals surface area contributed by atoms with Crippen molar-refractivity contribution in [3.05, 3.63) is 70.8 Å². The van der Waals surface area contributed by atoms with Gasteiger partial charge in [-0.2, -0.15) is 0 Å². The highest BCUT2D eigenvalue weighted by Gasteiger charge is 2.44. The van der Waals surface area contributed by atoms with E-state index in [0.717, 1.165) is 61.7 Å². The normalized spacial score (nSPS) is 25.7. The Morgan fingerprint density at radius 1 is 1.30 bits per heavy atom. The van der Waals surface area contributed by atoms with Gasteiger partial charge in [-0.3, -0.25) is 0 Å². The predicted molar refractivity (Wildman–Crippen MR) is 148 cm³/mol. The van der Waals surface area contributed by atoms with Crippen molar-refractivity contribution in [3.8, 4) is 5.75 Å². The van der Waals surface area contributed by atoms with Crippen LogP contribution in [-0.4, -0.2) is 42.5 Å². The maximum absolute atomic E-state index is 13.0. The Balaban J connectivity index is 1.53. The van der Waals surface area contributed by atoms with Gasteiger partial charge in [-0.05, 0) is 106 Å². The summed E-state index contributed by atoms with van der Waals surface area (Å²) in [7, 11) is 0. The third-order valence-electron chi connectivity index (χ3n) is 8.28. The smallest absolute Gasteiger partial charge is 0.338 e. The maximum atomic E-state index is 13.0. The van der Waals surface area contributed by atoms with Crippen LogP contribution in [0.25, 0.3) is 0 Å². The molecular formula is C31H38ClNO4. The van der Waals surface area contributed by atoms with Crippen molar-refractivity contribution in [2.75, 3.05) is 24.6 Å². The summed E-state index contributed by atoms with van der Waals surface area (Å²) in [5.74, 6) is 0.989. The maximum Gasteiger partial charge on any atom is 0.338 e. The van der Waals surface area contributed by atoms with Crippen molar-refractivity contribution >= 4 is 23.3 Å². The summed E-state index contributed by atoms with van der Waals surface area (Å²) in [4.78, 5) is 15.4. The summed E-state index contributed by atoms with van der Waals surface area (Å²) in [6.07, 6.45) is 6.33. The molecule has 1 saturated carbocycles. The Kier molecular flexibility index (Phi) is 7.06. The number of aliphatic hydroxyl groups excluding tert-OH is 1. The summed E-state index contributed by atoms with van der Waals surface area (Å²) in [6.45, 7) is 11.6. The molecule has 0 aromatic heterocycles. The summed E-state index contributed by atoms with van der Waals surface area (Å²) < 4.78 is 12.2. The molecule has 2 aromatic rings. The van der Waals surface area contributed by atoms with Crippen LogP contribution in [0.3, 0.4) is 0 Å². The van der Waals surface area contributed by atoms with E-state index in [9.17, 15) is 9.90 Å². The number of fused-ring (bicyclic) bond motifs is 3. The molecule has 5 rings (SSSR count). The highest BCUT2D eigenvalue weighted by Crippen LogP contribution is 2.46. The molecule has 37 heavy (non-hydrogen) atoms. The molecule has 1 heterocycles. The Morgan fingerprint density at radius 3 is 2.81 bits per heavy atom. The average Bonchev–Trinajstić information content (AvgIpc) is 2.97. The van der Waals surface area contributed by atoms with E-state index >= 15 is 0 Å². The molecule has 0 radical (unpaired) electrons. The van der Waals surface area contributed by atoms with Gasteiger partial charge >= 0.3 is 5.97 Å².